The third kappa shape index (κ3) is 4.31. The summed E-state index contributed by atoms with van der Waals surface area (Å²) in [6.45, 7) is 9.36. The van der Waals surface area contributed by atoms with Crippen LogP contribution in [0.15, 0.2) is 158 Å². The second kappa shape index (κ2) is 10.7. The van der Waals surface area contributed by atoms with Gasteiger partial charge in [0.25, 0.3) is 0 Å². The summed E-state index contributed by atoms with van der Waals surface area (Å²) in [4.78, 5) is 4.77. The topological polar surface area (TPSA) is 15.7 Å². The van der Waals surface area contributed by atoms with Crippen molar-refractivity contribution in [2.45, 2.75) is 38.5 Å². The summed E-state index contributed by atoms with van der Waals surface area (Å²) in [6, 6.07) is 57.4. The van der Waals surface area contributed by atoms with Crippen molar-refractivity contribution >= 4 is 34.1 Å². The predicted octanol–water partition coefficient (Wildman–Crippen LogP) is 13.3. The van der Waals surface area contributed by atoms with Gasteiger partial charge < -0.3 is 14.5 Å². The van der Waals surface area contributed by atoms with Crippen molar-refractivity contribution in [1.29, 1.82) is 0 Å². The summed E-state index contributed by atoms with van der Waals surface area (Å²) >= 11 is 0. The molecule has 0 aromatic heterocycles. The van der Waals surface area contributed by atoms with Crippen LogP contribution in [0.3, 0.4) is 0 Å². The second-order valence-electron chi connectivity index (χ2n) is 15.0. The largest absolute Gasteiger partial charge is 0.453 e. The van der Waals surface area contributed by atoms with Crippen LogP contribution < -0.4 is 14.5 Å². The lowest BCUT2D eigenvalue weighted by Crippen LogP contribution is -2.32. The summed E-state index contributed by atoms with van der Waals surface area (Å²) in [5, 5.41) is 0. The number of benzene rings is 7. The molecule has 0 N–H and O–H groups in total. The highest BCUT2D eigenvalue weighted by Gasteiger charge is 2.41. The van der Waals surface area contributed by atoms with E-state index < -0.39 is 0 Å². The molecule has 7 aromatic rings. The van der Waals surface area contributed by atoms with Crippen LogP contribution in [0.1, 0.15) is 49.9 Å². The maximum Gasteiger partial charge on any atom is 0.151 e. The summed E-state index contributed by atoms with van der Waals surface area (Å²) in [5.41, 5.74) is 17.0. The van der Waals surface area contributed by atoms with Gasteiger partial charge in [0.2, 0.25) is 0 Å². The highest BCUT2D eigenvalue weighted by atomic mass is 16.5. The number of ether oxygens (including phenoxy) is 1. The van der Waals surface area contributed by atoms with Gasteiger partial charge in [-0.3, -0.25) is 0 Å². The summed E-state index contributed by atoms with van der Waals surface area (Å²) in [7, 11) is 0. The molecule has 1 aliphatic carbocycles. The Morgan fingerprint density at radius 2 is 1.06 bits per heavy atom. The van der Waals surface area contributed by atoms with Crippen molar-refractivity contribution in [1.82, 2.24) is 0 Å². The van der Waals surface area contributed by atoms with Gasteiger partial charge in [-0.1, -0.05) is 119 Å². The molecule has 51 heavy (non-hydrogen) atoms. The zero-order chi connectivity index (χ0) is 34.5. The Morgan fingerprint density at radius 3 is 1.90 bits per heavy atom. The fourth-order valence-corrected chi connectivity index (χ4v) is 8.77. The standard InChI is InChI=1S/C48H38N2O/c1-47(2)38-16-9-8-15-36(38)37-27-26-35(30-40(37)47)49(33-13-6-5-7-14-33)34-24-21-31(22-25-34)32-23-28-42-41(29-32)48(3,4)39-17-12-20-45-46(39)50(42)43-18-10-11-19-44(43)51-45/h5-30H,1-4H3. The highest BCUT2D eigenvalue weighted by Crippen LogP contribution is 2.60. The molecule has 3 nitrogen and oxygen atoms in total. The molecule has 3 heteroatoms. The lowest BCUT2D eigenvalue weighted by molar-refractivity contribution is 0.471. The van der Waals surface area contributed by atoms with Crippen molar-refractivity contribution in [3.05, 3.63) is 180 Å². The average Bonchev–Trinajstić information content (AvgIpc) is 3.39. The summed E-state index contributed by atoms with van der Waals surface area (Å²) < 4.78 is 6.42. The molecule has 0 radical (unpaired) electrons. The van der Waals surface area contributed by atoms with Crippen LogP contribution in [0.5, 0.6) is 11.5 Å². The third-order valence-corrected chi connectivity index (χ3v) is 11.4. The lowest BCUT2D eigenvalue weighted by atomic mass is 9.72. The van der Waals surface area contributed by atoms with Crippen LogP contribution in [0, 0.1) is 0 Å². The van der Waals surface area contributed by atoms with Crippen molar-refractivity contribution in [2.24, 2.45) is 0 Å². The van der Waals surface area contributed by atoms with Crippen LogP contribution >= 0.6 is 0 Å². The number of hydrogen-bond donors (Lipinski definition) is 0. The molecule has 2 aliphatic heterocycles. The summed E-state index contributed by atoms with van der Waals surface area (Å²) in [6.07, 6.45) is 0. The molecule has 2 heterocycles. The van der Waals surface area contributed by atoms with Gasteiger partial charge in [-0.05, 0) is 111 Å². The van der Waals surface area contributed by atoms with E-state index in [2.05, 4.69) is 189 Å². The van der Waals surface area contributed by atoms with Crippen molar-refractivity contribution in [2.75, 3.05) is 9.80 Å². The first kappa shape index (κ1) is 29.8. The maximum absolute atomic E-state index is 6.42. The van der Waals surface area contributed by atoms with Crippen molar-refractivity contribution in [3.63, 3.8) is 0 Å². The molecule has 0 saturated carbocycles. The van der Waals surface area contributed by atoms with Gasteiger partial charge in [0.05, 0.1) is 17.1 Å². The zero-order valence-electron chi connectivity index (χ0n) is 29.3. The number of para-hydroxylation sites is 4. The minimum atomic E-state index is -0.214. The van der Waals surface area contributed by atoms with Crippen LogP contribution in [0.25, 0.3) is 22.3 Å². The first-order valence-corrected chi connectivity index (χ1v) is 17.9. The highest BCUT2D eigenvalue weighted by molar-refractivity contribution is 5.94. The molecule has 0 atom stereocenters. The fourth-order valence-electron chi connectivity index (χ4n) is 8.77. The number of fused-ring (bicyclic) bond motifs is 7. The maximum atomic E-state index is 6.42. The first-order chi connectivity index (χ1) is 24.8. The van der Waals surface area contributed by atoms with E-state index in [1.54, 1.807) is 0 Å². The molecule has 3 aliphatic rings. The van der Waals surface area contributed by atoms with E-state index in [1.807, 2.05) is 6.07 Å². The van der Waals surface area contributed by atoms with E-state index in [1.165, 1.54) is 50.2 Å². The average molecular weight is 659 g/mol. The zero-order valence-corrected chi connectivity index (χ0v) is 29.3. The minimum Gasteiger partial charge on any atom is -0.453 e. The van der Waals surface area contributed by atoms with E-state index in [0.717, 1.165) is 39.9 Å². The van der Waals surface area contributed by atoms with Crippen molar-refractivity contribution in [3.8, 4) is 33.8 Å². The fraction of sp³-hybridized carbons (Fsp3) is 0.125. The molecule has 0 bridgehead atoms. The van der Waals surface area contributed by atoms with Gasteiger partial charge in [0.1, 0.15) is 0 Å². The van der Waals surface area contributed by atoms with Gasteiger partial charge in [0, 0.05) is 27.9 Å². The summed E-state index contributed by atoms with van der Waals surface area (Å²) in [5.74, 6) is 1.79. The van der Waals surface area contributed by atoms with Gasteiger partial charge in [-0.25, -0.2) is 0 Å². The smallest absolute Gasteiger partial charge is 0.151 e. The van der Waals surface area contributed by atoms with Gasteiger partial charge >= 0.3 is 0 Å². The second-order valence-corrected chi connectivity index (χ2v) is 15.0. The van der Waals surface area contributed by atoms with Crippen LogP contribution in [0.2, 0.25) is 0 Å². The van der Waals surface area contributed by atoms with Crippen LogP contribution in [-0.4, -0.2) is 0 Å². The Morgan fingerprint density at radius 1 is 0.431 bits per heavy atom. The van der Waals surface area contributed by atoms with E-state index >= 15 is 0 Å². The molecular formula is C48H38N2O. The van der Waals surface area contributed by atoms with E-state index in [-0.39, 0.29) is 10.8 Å². The SMILES string of the molecule is CC1(C)c2ccccc2-c2ccc(N(c3ccccc3)c3ccc(-c4ccc5c(c4)C(C)(C)c4cccc6c4N5c4ccccc4O6)cc3)cc21. The molecule has 0 saturated heterocycles. The van der Waals surface area contributed by atoms with Crippen molar-refractivity contribution < 1.29 is 4.74 Å². The molecule has 0 unspecified atom stereocenters. The Labute approximate surface area is 300 Å². The number of rotatable bonds is 4. The Bertz CT molecular complexity index is 2510. The predicted molar refractivity (Wildman–Crippen MR) is 211 cm³/mol. The van der Waals surface area contributed by atoms with Gasteiger partial charge in [0.15, 0.2) is 11.5 Å². The lowest BCUT2D eigenvalue weighted by Gasteiger charge is -2.45. The van der Waals surface area contributed by atoms with Crippen LogP contribution in [0.4, 0.5) is 34.1 Å². The first-order valence-electron chi connectivity index (χ1n) is 17.9. The van der Waals surface area contributed by atoms with E-state index in [0.29, 0.717) is 0 Å². The number of nitrogens with zero attached hydrogens (tertiary/aromatic N) is 2. The Kier molecular flexibility index (Phi) is 6.27. The molecule has 10 rings (SSSR count). The Balaban J connectivity index is 1.05. The normalized spacial score (nSPS) is 15.1. The third-order valence-electron chi connectivity index (χ3n) is 11.4. The number of anilines is 6. The minimum absolute atomic E-state index is 0.0697. The molecule has 0 amide bonds. The van der Waals surface area contributed by atoms with E-state index in [9.17, 15) is 0 Å². The molecular weight excluding hydrogens is 621 g/mol. The van der Waals surface area contributed by atoms with Crippen LogP contribution in [-0.2, 0) is 10.8 Å². The molecule has 7 aromatic carbocycles. The molecule has 0 fully saturated rings. The van der Waals surface area contributed by atoms with Gasteiger partial charge in [-0.15, -0.1) is 0 Å². The molecule has 0 spiro atoms. The molecule has 246 valence electrons. The number of hydrogen-bond acceptors (Lipinski definition) is 3. The Hall–Kier alpha value is -6.06. The van der Waals surface area contributed by atoms with Gasteiger partial charge in [-0.2, -0.15) is 0 Å². The quantitative estimate of drug-likeness (QED) is 0.187. The van der Waals surface area contributed by atoms with E-state index in [4.69, 9.17) is 4.74 Å². The monoisotopic (exact) mass is 658 g/mol.